The molecule has 0 saturated heterocycles. The quantitative estimate of drug-likeness (QED) is 0.882. The van der Waals surface area contributed by atoms with Crippen LogP contribution in [0.5, 0.6) is 0 Å². The molecule has 1 aliphatic carbocycles. The number of carbonyl (C=O) groups excluding carboxylic acids is 1. The van der Waals surface area contributed by atoms with Crippen LogP contribution in [-0.2, 0) is 11.2 Å². The van der Waals surface area contributed by atoms with Crippen molar-refractivity contribution >= 4 is 5.91 Å². The van der Waals surface area contributed by atoms with E-state index in [1.165, 1.54) is 11.1 Å². The van der Waals surface area contributed by atoms with Gasteiger partial charge in [-0.2, -0.15) is 0 Å². The van der Waals surface area contributed by atoms with Gasteiger partial charge in [-0.15, -0.1) is 0 Å². The lowest BCUT2D eigenvalue weighted by atomic mass is 10.1. The Balaban J connectivity index is 1.97. The van der Waals surface area contributed by atoms with Crippen LogP contribution < -0.4 is 5.32 Å². The Morgan fingerprint density at radius 2 is 2.21 bits per heavy atom. The summed E-state index contributed by atoms with van der Waals surface area (Å²) in [5.74, 6) is 0.182. The summed E-state index contributed by atoms with van der Waals surface area (Å²) in [5, 5.41) is 3.27. The number of amides is 1. The van der Waals surface area contributed by atoms with Crippen molar-refractivity contribution in [1.82, 2.24) is 10.2 Å². The molecule has 3 nitrogen and oxygen atoms in total. The lowest BCUT2D eigenvalue weighted by Gasteiger charge is -2.26. The van der Waals surface area contributed by atoms with E-state index in [0.717, 1.165) is 19.3 Å². The summed E-state index contributed by atoms with van der Waals surface area (Å²) in [5.41, 5.74) is 2.71. The Morgan fingerprint density at radius 3 is 2.95 bits per heavy atom. The van der Waals surface area contributed by atoms with Crippen LogP contribution in [-0.4, -0.2) is 30.4 Å². The molecule has 0 radical (unpaired) electrons. The number of aryl methyl sites for hydroxylation is 1. The summed E-state index contributed by atoms with van der Waals surface area (Å²) >= 11 is 0. The zero-order valence-corrected chi connectivity index (χ0v) is 12.1. The summed E-state index contributed by atoms with van der Waals surface area (Å²) in [4.78, 5) is 14.1. The zero-order valence-electron chi connectivity index (χ0n) is 12.1. The van der Waals surface area contributed by atoms with Crippen molar-refractivity contribution in [2.75, 3.05) is 13.6 Å². The molecule has 0 aliphatic heterocycles. The number of hydrogen-bond acceptors (Lipinski definition) is 2. The van der Waals surface area contributed by atoms with E-state index in [-0.39, 0.29) is 11.9 Å². The topological polar surface area (TPSA) is 32.3 Å². The summed E-state index contributed by atoms with van der Waals surface area (Å²) in [6.45, 7) is 4.67. The molecule has 1 aromatic rings. The molecule has 19 heavy (non-hydrogen) atoms. The molecule has 2 rings (SSSR count). The van der Waals surface area contributed by atoms with Gasteiger partial charge in [-0.05, 0) is 37.3 Å². The van der Waals surface area contributed by atoms with Gasteiger partial charge in [0, 0.05) is 13.1 Å². The van der Waals surface area contributed by atoms with Crippen LogP contribution in [0.25, 0.3) is 0 Å². The first-order valence-corrected chi connectivity index (χ1v) is 7.20. The van der Waals surface area contributed by atoms with Crippen LogP contribution in [0.2, 0.25) is 0 Å². The Morgan fingerprint density at radius 1 is 1.47 bits per heavy atom. The van der Waals surface area contributed by atoms with E-state index in [1.54, 1.807) is 0 Å². The first-order chi connectivity index (χ1) is 9.13. The number of likely N-dealkylation sites (N-methyl/N-ethyl adjacent to an activating group) is 1. The average Bonchev–Trinajstić information content (AvgIpc) is 2.87. The van der Waals surface area contributed by atoms with Gasteiger partial charge in [0.25, 0.3) is 0 Å². The Bertz CT molecular complexity index is 444. The van der Waals surface area contributed by atoms with Crippen LogP contribution in [0.4, 0.5) is 0 Å². The second-order valence-electron chi connectivity index (χ2n) is 5.45. The molecule has 2 atom stereocenters. The lowest BCUT2D eigenvalue weighted by molar-refractivity contribution is -0.131. The Hall–Kier alpha value is -1.35. The van der Waals surface area contributed by atoms with E-state index >= 15 is 0 Å². The highest BCUT2D eigenvalue weighted by Crippen LogP contribution is 2.34. The first kappa shape index (κ1) is 14.1. The van der Waals surface area contributed by atoms with Crippen molar-refractivity contribution in [2.45, 2.75) is 45.2 Å². The van der Waals surface area contributed by atoms with Crippen LogP contribution in [0, 0.1) is 0 Å². The van der Waals surface area contributed by atoms with Crippen LogP contribution in [0.3, 0.4) is 0 Å². The Kier molecular flexibility index (Phi) is 4.59. The molecule has 0 spiro atoms. The molecule has 2 unspecified atom stereocenters. The molecule has 0 aromatic heterocycles. The molecule has 1 aliphatic rings. The van der Waals surface area contributed by atoms with Crippen molar-refractivity contribution < 1.29 is 4.79 Å². The van der Waals surface area contributed by atoms with Gasteiger partial charge in [-0.25, -0.2) is 0 Å². The van der Waals surface area contributed by atoms with Crippen LogP contribution in [0.1, 0.15) is 43.9 Å². The van der Waals surface area contributed by atoms with E-state index in [4.69, 9.17) is 0 Å². The highest BCUT2D eigenvalue weighted by molar-refractivity contribution is 5.78. The number of carbonyl (C=O) groups is 1. The maximum Gasteiger partial charge on any atom is 0.236 e. The average molecular weight is 260 g/mol. The summed E-state index contributed by atoms with van der Waals surface area (Å²) < 4.78 is 0. The first-order valence-electron chi connectivity index (χ1n) is 7.20. The zero-order chi connectivity index (χ0) is 13.8. The van der Waals surface area contributed by atoms with Gasteiger partial charge in [-0.1, -0.05) is 31.2 Å². The van der Waals surface area contributed by atoms with Gasteiger partial charge in [0.15, 0.2) is 0 Å². The van der Waals surface area contributed by atoms with Crippen molar-refractivity contribution in [3.05, 3.63) is 35.4 Å². The van der Waals surface area contributed by atoms with E-state index in [9.17, 15) is 4.79 Å². The highest BCUT2D eigenvalue weighted by Gasteiger charge is 2.27. The minimum Gasteiger partial charge on any atom is -0.338 e. The van der Waals surface area contributed by atoms with E-state index < -0.39 is 0 Å². The van der Waals surface area contributed by atoms with E-state index in [0.29, 0.717) is 12.6 Å². The van der Waals surface area contributed by atoms with Crippen molar-refractivity contribution in [2.24, 2.45) is 0 Å². The molecular weight excluding hydrogens is 236 g/mol. The summed E-state index contributed by atoms with van der Waals surface area (Å²) in [6, 6.07) is 9.11. The molecular formula is C16H24N2O. The molecule has 0 heterocycles. The second kappa shape index (κ2) is 6.20. The molecule has 1 aromatic carbocycles. The van der Waals surface area contributed by atoms with Gasteiger partial charge in [0.1, 0.15) is 0 Å². The van der Waals surface area contributed by atoms with E-state index in [2.05, 4.69) is 43.4 Å². The number of fused-ring (bicyclic) bond motifs is 1. The predicted molar refractivity (Wildman–Crippen MR) is 78.0 cm³/mol. The molecule has 1 N–H and O–H groups in total. The molecule has 0 fully saturated rings. The maximum absolute atomic E-state index is 12.2. The summed E-state index contributed by atoms with van der Waals surface area (Å²) in [7, 11) is 1.92. The number of nitrogens with zero attached hydrogens (tertiary/aromatic N) is 1. The fourth-order valence-corrected chi connectivity index (χ4v) is 2.64. The van der Waals surface area contributed by atoms with Crippen molar-refractivity contribution in [1.29, 1.82) is 0 Å². The van der Waals surface area contributed by atoms with Gasteiger partial charge in [0.2, 0.25) is 5.91 Å². The van der Waals surface area contributed by atoms with Crippen LogP contribution in [0.15, 0.2) is 24.3 Å². The van der Waals surface area contributed by atoms with Gasteiger partial charge < -0.3 is 10.2 Å². The number of nitrogens with one attached hydrogen (secondary N) is 1. The third kappa shape index (κ3) is 3.16. The maximum atomic E-state index is 12.2. The van der Waals surface area contributed by atoms with E-state index in [1.807, 2.05) is 11.9 Å². The predicted octanol–water partition coefficient (Wildman–Crippen LogP) is 2.52. The van der Waals surface area contributed by atoms with Gasteiger partial charge >= 0.3 is 0 Å². The minimum atomic E-state index is 0.182. The highest BCUT2D eigenvalue weighted by atomic mass is 16.2. The lowest BCUT2D eigenvalue weighted by Crippen LogP contribution is -2.40. The smallest absolute Gasteiger partial charge is 0.236 e. The SMILES string of the molecule is CCC(C)NCC(=O)N(C)C1CCc2ccccc21. The number of benzene rings is 1. The normalized spacial score (nSPS) is 19.0. The van der Waals surface area contributed by atoms with Gasteiger partial charge in [-0.3, -0.25) is 4.79 Å². The van der Waals surface area contributed by atoms with Crippen LogP contribution >= 0.6 is 0 Å². The Labute approximate surface area is 116 Å². The largest absolute Gasteiger partial charge is 0.338 e. The fourth-order valence-electron chi connectivity index (χ4n) is 2.64. The number of hydrogen-bond donors (Lipinski definition) is 1. The molecule has 1 amide bonds. The molecule has 0 saturated carbocycles. The number of rotatable bonds is 5. The van der Waals surface area contributed by atoms with Gasteiger partial charge in [0.05, 0.1) is 12.6 Å². The third-order valence-corrected chi connectivity index (χ3v) is 4.18. The molecule has 0 bridgehead atoms. The fraction of sp³-hybridized carbons (Fsp3) is 0.562. The molecule has 3 heteroatoms. The summed E-state index contributed by atoms with van der Waals surface area (Å²) in [6.07, 6.45) is 3.17. The monoisotopic (exact) mass is 260 g/mol. The standard InChI is InChI=1S/C16H24N2O/c1-4-12(2)17-11-16(19)18(3)15-10-9-13-7-5-6-8-14(13)15/h5-8,12,15,17H,4,9-11H2,1-3H3. The van der Waals surface area contributed by atoms with Crippen molar-refractivity contribution in [3.8, 4) is 0 Å². The van der Waals surface area contributed by atoms with Crippen molar-refractivity contribution in [3.63, 3.8) is 0 Å². The third-order valence-electron chi connectivity index (χ3n) is 4.18. The minimum absolute atomic E-state index is 0.182. The second-order valence-corrected chi connectivity index (χ2v) is 5.45. The molecule has 104 valence electrons.